The second kappa shape index (κ2) is 6.22. The van der Waals surface area contributed by atoms with Gasteiger partial charge in [0.05, 0.1) is 18.1 Å². The van der Waals surface area contributed by atoms with Crippen molar-refractivity contribution in [2.75, 3.05) is 7.11 Å². The van der Waals surface area contributed by atoms with Crippen LogP contribution in [-0.2, 0) is 13.0 Å². The smallest absolute Gasteiger partial charge is 0.121 e. The predicted molar refractivity (Wildman–Crippen MR) is 90.4 cm³/mol. The van der Waals surface area contributed by atoms with Crippen molar-refractivity contribution in [1.82, 2.24) is 9.55 Å². The first-order chi connectivity index (χ1) is 10.7. The molecule has 0 radical (unpaired) electrons. The lowest BCUT2D eigenvalue weighted by atomic mass is 10.1. The van der Waals surface area contributed by atoms with Crippen molar-refractivity contribution < 1.29 is 4.74 Å². The first kappa shape index (κ1) is 14.6. The molecule has 0 amide bonds. The van der Waals surface area contributed by atoms with E-state index in [0.29, 0.717) is 5.92 Å². The summed E-state index contributed by atoms with van der Waals surface area (Å²) >= 11 is 0. The van der Waals surface area contributed by atoms with Crippen LogP contribution in [0.2, 0.25) is 0 Å². The molecule has 1 aromatic heterocycles. The maximum atomic E-state index is 5.32. The summed E-state index contributed by atoms with van der Waals surface area (Å²) in [7, 11) is 1.69. The lowest BCUT2D eigenvalue weighted by Crippen LogP contribution is -2.09. The van der Waals surface area contributed by atoms with Gasteiger partial charge >= 0.3 is 0 Å². The Kier molecular flexibility index (Phi) is 4.14. The third-order valence-electron chi connectivity index (χ3n) is 3.79. The summed E-state index contributed by atoms with van der Waals surface area (Å²) < 4.78 is 7.66. The van der Waals surface area contributed by atoms with Crippen molar-refractivity contribution in [2.45, 2.75) is 26.8 Å². The number of hydrogen-bond acceptors (Lipinski definition) is 2. The van der Waals surface area contributed by atoms with Gasteiger partial charge < -0.3 is 9.30 Å². The van der Waals surface area contributed by atoms with Crippen LogP contribution in [0.25, 0.3) is 11.0 Å². The zero-order chi connectivity index (χ0) is 15.5. The van der Waals surface area contributed by atoms with Gasteiger partial charge in [-0.15, -0.1) is 0 Å². The molecule has 114 valence electrons. The van der Waals surface area contributed by atoms with E-state index in [1.54, 1.807) is 7.11 Å². The zero-order valence-electron chi connectivity index (χ0n) is 13.4. The maximum absolute atomic E-state index is 5.32. The summed E-state index contributed by atoms with van der Waals surface area (Å²) in [5.41, 5.74) is 3.47. The highest BCUT2D eigenvalue weighted by Gasteiger charge is 2.13. The van der Waals surface area contributed by atoms with Crippen molar-refractivity contribution >= 4 is 11.0 Å². The number of benzene rings is 2. The van der Waals surface area contributed by atoms with Gasteiger partial charge in [0, 0.05) is 19.0 Å². The van der Waals surface area contributed by atoms with Gasteiger partial charge in [-0.25, -0.2) is 4.98 Å². The van der Waals surface area contributed by atoms with Gasteiger partial charge in [-0.2, -0.15) is 0 Å². The molecule has 3 rings (SSSR count). The first-order valence-electron chi connectivity index (χ1n) is 7.74. The van der Waals surface area contributed by atoms with E-state index in [9.17, 15) is 0 Å². The van der Waals surface area contributed by atoms with Crippen LogP contribution in [0, 0.1) is 5.92 Å². The molecule has 0 aliphatic rings. The summed E-state index contributed by atoms with van der Waals surface area (Å²) in [6.07, 6.45) is 0.852. The summed E-state index contributed by atoms with van der Waals surface area (Å²) in [4.78, 5) is 4.85. The highest BCUT2D eigenvalue weighted by Crippen LogP contribution is 2.24. The topological polar surface area (TPSA) is 27.1 Å². The van der Waals surface area contributed by atoms with E-state index in [0.717, 1.165) is 30.1 Å². The Morgan fingerprint density at radius 1 is 1.09 bits per heavy atom. The lowest BCUT2D eigenvalue weighted by molar-refractivity contribution is 0.415. The number of imidazole rings is 1. The molecule has 0 spiro atoms. The van der Waals surface area contributed by atoms with E-state index in [4.69, 9.17) is 9.72 Å². The Morgan fingerprint density at radius 3 is 2.55 bits per heavy atom. The Balaban J connectivity index is 2.06. The van der Waals surface area contributed by atoms with Crippen LogP contribution in [0.1, 0.15) is 25.2 Å². The number of aromatic nitrogens is 2. The fraction of sp³-hybridized carbons (Fsp3) is 0.316. The van der Waals surface area contributed by atoms with E-state index < -0.39 is 0 Å². The van der Waals surface area contributed by atoms with Crippen LogP contribution in [0.5, 0.6) is 5.75 Å². The first-order valence-corrected chi connectivity index (χ1v) is 7.74. The van der Waals surface area contributed by atoms with Crippen LogP contribution in [0.3, 0.4) is 0 Å². The van der Waals surface area contributed by atoms with Crippen molar-refractivity contribution in [2.24, 2.45) is 5.92 Å². The fourth-order valence-corrected chi connectivity index (χ4v) is 2.77. The molecule has 0 unspecified atom stereocenters. The van der Waals surface area contributed by atoms with Crippen molar-refractivity contribution in [3.63, 3.8) is 0 Å². The fourth-order valence-electron chi connectivity index (χ4n) is 2.77. The van der Waals surface area contributed by atoms with E-state index >= 15 is 0 Å². The van der Waals surface area contributed by atoms with Crippen LogP contribution in [0.15, 0.2) is 48.5 Å². The summed E-state index contributed by atoms with van der Waals surface area (Å²) in [5, 5.41) is 0. The Morgan fingerprint density at radius 2 is 1.86 bits per heavy atom. The Bertz CT molecular complexity index is 760. The van der Waals surface area contributed by atoms with Crippen molar-refractivity contribution in [1.29, 1.82) is 0 Å². The monoisotopic (exact) mass is 294 g/mol. The Labute approximate surface area is 131 Å². The second-order valence-corrected chi connectivity index (χ2v) is 6.05. The number of hydrogen-bond donors (Lipinski definition) is 0. The number of rotatable bonds is 5. The molecule has 3 heteroatoms. The van der Waals surface area contributed by atoms with Gasteiger partial charge in [-0.3, -0.25) is 0 Å². The van der Waals surface area contributed by atoms with Crippen LogP contribution in [0.4, 0.5) is 0 Å². The number of nitrogens with zero attached hydrogens (tertiary/aromatic N) is 2. The molecule has 22 heavy (non-hydrogen) atoms. The average molecular weight is 294 g/mol. The molecule has 3 aromatic rings. The minimum Gasteiger partial charge on any atom is -0.497 e. The SMILES string of the molecule is COc1ccc2c(c1)nc(Cc1ccccc1)n2CC(C)C. The summed E-state index contributed by atoms with van der Waals surface area (Å²) in [5.74, 6) is 2.55. The molecule has 0 saturated carbocycles. The lowest BCUT2D eigenvalue weighted by Gasteiger charge is -2.12. The zero-order valence-corrected chi connectivity index (χ0v) is 13.4. The highest BCUT2D eigenvalue weighted by atomic mass is 16.5. The van der Waals surface area contributed by atoms with Gasteiger partial charge in [-0.1, -0.05) is 44.2 Å². The number of ether oxygens (including phenoxy) is 1. The molecule has 0 N–H and O–H groups in total. The van der Waals surface area contributed by atoms with Crippen molar-refractivity contribution in [3.8, 4) is 5.75 Å². The van der Waals surface area contributed by atoms with Gasteiger partial charge in [0.25, 0.3) is 0 Å². The Hall–Kier alpha value is -2.29. The number of methoxy groups -OCH3 is 1. The van der Waals surface area contributed by atoms with E-state index in [2.05, 4.69) is 48.7 Å². The molecular weight excluding hydrogens is 272 g/mol. The molecule has 0 bridgehead atoms. The normalized spacial score (nSPS) is 11.3. The molecule has 0 fully saturated rings. The van der Waals surface area contributed by atoms with Gasteiger partial charge in [0.1, 0.15) is 11.6 Å². The highest BCUT2D eigenvalue weighted by molar-refractivity contribution is 5.78. The van der Waals surface area contributed by atoms with E-state index in [-0.39, 0.29) is 0 Å². The standard InChI is InChI=1S/C19H22N2O/c1-14(2)13-21-18-10-9-16(22-3)12-17(18)20-19(21)11-15-7-5-4-6-8-15/h4-10,12,14H,11,13H2,1-3H3. The molecule has 3 nitrogen and oxygen atoms in total. The maximum Gasteiger partial charge on any atom is 0.121 e. The average Bonchev–Trinajstić information content (AvgIpc) is 2.84. The van der Waals surface area contributed by atoms with E-state index in [1.165, 1.54) is 11.1 Å². The van der Waals surface area contributed by atoms with E-state index in [1.807, 2.05) is 18.2 Å². The minimum absolute atomic E-state index is 0.578. The van der Waals surface area contributed by atoms with Crippen LogP contribution < -0.4 is 4.74 Å². The molecule has 1 heterocycles. The molecule has 0 atom stereocenters. The molecular formula is C19H22N2O. The third-order valence-corrected chi connectivity index (χ3v) is 3.79. The van der Waals surface area contributed by atoms with Gasteiger partial charge in [0.2, 0.25) is 0 Å². The summed E-state index contributed by atoms with van der Waals surface area (Å²) in [6.45, 7) is 5.45. The second-order valence-electron chi connectivity index (χ2n) is 6.05. The predicted octanol–water partition coefficient (Wildman–Crippen LogP) is 4.29. The molecule has 0 aliphatic heterocycles. The molecule has 0 saturated heterocycles. The number of fused-ring (bicyclic) bond motifs is 1. The minimum atomic E-state index is 0.578. The summed E-state index contributed by atoms with van der Waals surface area (Å²) in [6, 6.07) is 16.6. The van der Waals surface area contributed by atoms with Crippen LogP contribution in [-0.4, -0.2) is 16.7 Å². The molecule has 0 aliphatic carbocycles. The quantitative estimate of drug-likeness (QED) is 0.702. The van der Waals surface area contributed by atoms with Crippen molar-refractivity contribution in [3.05, 3.63) is 59.9 Å². The molecule has 2 aromatic carbocycles. The van der Waals surface area contributed by atoms with Crippen LogP contribution >= 0.6 is 0 Å². The van der Waals surface area contributed by atoms with Gasteiger partial charge in [-0.05, 0) is 23.6 Å². The largest absolute Gasteiger partial charge is 0.497 e. The third kappa shape index (κ3) is 2.98. The van der Waals surface area contributed by atoms with Gasteiger partial charge in [0.15, 0.2) is 0 Å².